The Labute approximate surface area is 106 Å². The number of hydrogen-bond donors (Lipinski definition) is 0. The highest BCUT2D eigenvalue weighted by molar-refractivity contribution is 9.10. The maximum Gasteiger partial charge on any atom is 0.137 e. The number of hydrogen-bond acceptors (Lipinski definition) is 1. The largest absolute Gasteiger partial charge is 0.384 e. The van der Waals surface area contributed by atoms with Crippen LogP contribution in [0.2, 0.25) is 0 Å². The third-order valence-electron chi connectivity index (χ3n) is 2.11. The predicted octanol–water partition coefficient (Wildman–Crippen LogP) is 3.93. The zero-order chi connectivity index (χ0) is 11.3. The summed E-state index contributed by atoms with van der Waals surface area (Å²) in [5.74, 6) is -0.203. The second kappa shape index (κ2) is 6.61. The van der Waals surface area contributed by atoms with Crippen molar-refractivity contribution in [1.29, 1.82) is 0 Å². The van der Waals surface area contributed by atoms with Crippen LogP contribution in [0, 0.1) is 5.82 Å². The molecule has 0 N–H and O–H groups in total. The number of halogens is 3. The molecule has 84 valence electrons. The summed E-state index contributed by atoms with van der Waals surface area (Å²) in [5, 5.41) is 0. The average molecular weight is 340 g/mol. The van der Waals surface area contributed by atoms with Crippen LogP contribution in [0.4, 0.5) is 4.39 Å². The Morgan fingerprint density at radius 1 is 1.47 bits per heavy atom. The molecule has 0 aromatic heterocycles. The summed E-state index contributed by atoms with van der Waals surface area (Å²) in [6, 6.07) is 5.11. The summed E-state index contributed by atoms with van der Waals surface area (Å²) in [5.41, 5.74) is 0.996. The van der Waals surface area contributed by atoms with Crippen molar-refractivity contribution >= 4 is 31.9 Å². The Morgan fingerprint density at radius 2 is 2.20 bits per heavy atom. The Bertz CT molecular complexity index is 317. The zero-order valence-corrected chi connectivity index (χ0v) is 11.6. The van der Waals surface area contributed by atoms with Crippen LogP contribution < -0.4 is 0 Å². The molecule has 0 bridgehead atoms. The molecule has 15 heavy (non-hydrogen) atoms. The molecule has 0 aliphatic rings. The van der Waals surface area contributed by atoms with E-state index in [1.807, 2.05) is 6.07 Å². The molecule has 1 aromatic rings. The normalized spacial score (nSPS) is 12.8. The smallest absolute Gasteiger partial charge is 0.137 e. The topological polar surface area (TPSA) is 9.23 Å². The molecule has 0 fully saturated rings. The van der Waals surface area contributed by atoms with Gasteiger partial charge in [0.2, 0.25) is 0 Å². The summed E-state index contributed by atoms with van der Waals surface area (Å²) >= 11 is 6.75. The maximum absolute atomic E-state index is 13.2. The Hall–Kier alpha value is 0.0700. The first-order valence-corrected chi connectivity index (χ1v) is 6.42. The molecule has 0 heterocycles. The fourth-order valence-electron chi connectivity index (χ4n) is 1.32. The van der Waals surface area contributed by atoms with Gasteiger partial charge in [-0.25, -0.2) is 4.39 Å². The van der Waals surface area contributed by atoms with E-state index in [0.717, 1.165) is 18.4 Å². The molecule has 0 aliphatic carbocycles. The molecular weight excluding hydrogens is 327 g/mol. The number of benzene rings is 1. The summed E-state index contributed by atoms with van der Waals surface area (Å²) in [7, 11) is 1.67. The molecule has 1 rings (SSSR count). The average Bonchev–Trinajstić information content (AvgIpc) is 2.21. The lowest BCUT2D eigenvalue weighted by Gasteiger charge is -2.09. The van der Waals surface area contributed by atoms with E-state index in [1.54, 1.807) is 13.2 Å². The first kappa shape index (κ1) is 13.1. The van der Waals surface area contributed by atoms with Gasteiger partial charge in [0.05, 0.1) is 11.1 Å². The Balaban J connectivity index is 2.54. The van der Waals surface area contributed by atoms with E-state index >= 15 is 0 Å². The quantitative estimate of drug-likeness (QED) is 0.738. The van der Waals surface area contributed by atoms with Crippen LogP contribution in [-0.4, -0.2) is 18.5 Å². The van der Waals surface area contributed by atoms with Crippen LogP contribution >= 0.6 is 31.9 Å². The minimum atomic E-state index is -0.203. The number of ether oxygens (including phenoxy) is 1. The Morgan fingerprint density at radius 3 is 2.87 bits per heavy atom. The van der Waals surface area contributed by atoms with E-state index in [1.165, 1.54) is 6.07 Å². The monoisotopic (exact) mass is 338 g/mol. The number of alkyl halides is 1. The second-order valence-corrected chi connectivity index (χ2v) is 5.39. The minimum absolute atomic E-state index is 0.203. The molecule has 0 saturated carbocycles. The third kappa shape index (κ3) is 4.21. The molecule has 4 heteroatoms. The molecule has 0 radical (unpaired) electrons. The van der Waals surface area contributed by atoms with Gasteiger partial charge in [-0.1, -0.05) is 28.1 Å². The highest BCUT2D eigenvalue weighted by Gasteiger charge is 2.08. The maximum atomic E-state index is 13.2. The fourth-order valence-corrected chi connectivity index (χ4v) is 2.27. The van der Waals surface area contributed by atoms with Gasteiger partial charge in [0.1, 0.15) is 5.82 Å². The molecular formula is C11H13Br2FO. The number of aryl methyl sites for hydroxylation is 1. The van der Waals surface area contributed by atoms with Crippen LogP contribution in [0.5, 0.6) is 0 Å². The van der Waals surface area contributed by atoms with Crippen molar-refractivity contribution in [2.45, 2.75) is 17.7 Å². The summed E-state index contributed by atoms with van der Waals surface area (Å²) in [6.07, 6.45) is 1.76. The lowest BCUT2D eigenvalue weighted by atomic mass is 10.1. The van der Waals surface area contributed by atoms with Gasteiger partial charge in [0.15, 0.2) is 0 Å². The molecule has 1 unspecified atom stereocenters. The summed E-state index contributed by atoms with van der Waals surface area (Å²) in [4.78, 5) is 0.317. The van der Waals surface area contributed by atoms with Gasteiger partial charge in [0, 0.05) is 11.9 Å². The second-order valence-electron chi connectivity index (χ2n) is 3.30. The lowest BCUT2D eigenvalue weighted by Crippen LogP contribution is -2.08. The molecule has 1 aromatic carbocycles. The first-order valence-electron chi connectivity index (χ1n) is 4.71. The minimum Gasteiger partial charge on any atom is -0.384 e. The fraction of sp³-hybridized carbons (Fsp3) is 0.455. The van der Waals surface area contributed by atoms with E-state index in [0.29, 0.717) is 15.9 Å². The van der Waals surface area contributed by atoms with Crippen LogP contribution in [0.25, 0.3) is 0 Å². The standard InChI is InChI=1S/C11H13Br2FO/c1-15-7-9(12)6-5-8-3-2-4-10(14)11(8)13/h2-4,9H,5-7H2,1H3. The summed E-state index contributed by atoms with van der Waals surface area (Å²) in [6.45, 7) is 0.674. The van der Waals surface area contributed by atoms with Gasteiger partial charge in [-0.2, -0.15) is 0 Å². The van der Waals surface area contributed by atoms with E-state index in [2.05, 4.69) is 31.9 Å². The van der Waals surface area contributed by atoms with Crippen molar-refractivity contribution in [1.82, 2.24) is 0 Å². The van der Waals surface area contributed by atoms with E-state index in [-0.39, 0.29) is 5.82 Å². The van der Waals surface area contributed by atoms with Crippen LogP contribution in [0.1, 0.15) is 12.0 Å². The van der Waals surface area contributed by atoms with E-state index < -0.39 is 0 Å². The van der Waals surface area contributed by atoms with Crippen molar-refractivity contribution in [2.75, 3.05) is 13.7 Å². The van der Waals surface area contributed by atoms with Crippen molar-refractivity contribution in [3.05, 3.63) is 34.1 Å². The number of rotatable bonds is 5. The van der Waals surface area contributed by atoms with Gasteiger partial charge >= 0.3 is 0 Å². The molecule has 0 spiro atoms. The Kier molecular flexibility index (Phi) is 5.79. The van der Waals surface area contributed by atoms with Crippen molar-refractivity contribution in [3.63, 3.8) is 0 Å². The highest BCUT2D eigenvalue weighted by atomic mass is 79.9. The van der Waals surface area contributed by atoms with Crippen LogP contribution in [0.3, 0.4) is 0 Å². The van der Waals surface area contributed by atoms with Gasteiger partial charge < -0.3 is 4.74 Å². The van der Waals surface area contributed by atoms with Gasteiger partial charge in [-0.3, -0.25) is 0 Å². The van der Waals surface area contributed by atoms with Gasteiger partial charge in [-0.05, 0) is 40.4 Å². The molecule has 0 saturated heterocycles. The third-order valence-corrected chi connectivity index (χ3v) is 3.72. The molecule has 0 aliphatic heterocycles. The van der Waals surface area contributed by atoms with Crippen molar-refractivity contribution in [2.24, 2.45) is 0 Å². The van der Waals surface area contributed by atoms with Crippen molar-refractivity contribution in [3.8, 4) is 0 Å². The highest BCUT2D eigenvalue weighted by Crippen LogP contribution is 2.22. The zero-order valence-electron chi connectivity index (χ0n) is 8.47. The SMILES string of the molecule is COCC(Br)CCc1cccc(F)c1Br. The summed E-state index contributed by atoms with van der Waals surface area (Å²) < 4.78 is 18.8. The van der Waals surface area contributed by atoms with E-state index in [9.17, 15) is 4.39 Å². The van der Waals surface area contributed by atoms with Gasteiger partial charge in [-0.15, -0.1) is 0 Å². The van der Waals surface area contributed by atoms with Crippen molar-refractivity contribution < 1.29 is 9.13 Å². The molecule has 1 atom stereocenters. The molecule has 1 nitrogen and oxygen atoms in total. The first-order chi connectivity index (χ1) is 7.15. The number of methoxy groups -OCH3 is 1. The van der Waals surface area contributed by atoms with Crippen LogP contribution in [0.15, 0.2) is 22.7 Å². The lowest BCUT2D eigenvalue weighted by molar-refractivity contribution is 0.198. The van der Waals surface area contributed by atoms with Crippen LogP contribution in [-0.2, 0) is 11.2 Å². The van der Waals surface area contributed by atoms with Gasteiger partial charge in [0.25, 0.3) is 0 Å². The molecule has 0 amide bonds. The van der Waals surface area contributed by atoms with E-state index in [4.69, 9.17) is 4.74 Å². The predicted molar refractivity (Wildman–Crippen MR) is 67.0 cm³/mol.